The maximum Gasteiger partial charge on any atom is 0.0595 e. The van der Waals surface area contributed by atoms with Gasteiger partial charge in [0.25, 0.3) is 0 Å². The Morgan fingerprint density at radius 3 is 2.10 bits per heavy atom. The number of aryl methyl sites for hydroxylation is 4. The number of aliphatic hydroxyl groups excluding tert-OH is 2. The largest absolute Gasteiger partial charge is 0.393 e. The molecule has 1 radical (unpaired) electrons. The number of aromatic nitrogens is 1. The summed E-state index contributed by atoms with van der Waals surface area (Å²) < 4.78 is 0. The molecule has 31 heavy (non-hydrogen) atoms. The van der Waals surface area contributed by atoms with Crippen LogP contribution in [-0.2, 0) is 20.1 Å². The van der Waals surface area contributed by atoms with Gasteiger partial charge in [0.05, 0.1) is 12.2 Å². The van der Waals surface area contributed by atoms with Crippen molar-refractivity contribution >= 4 is 10.8 Å². The predicted molar refractivity (Wildman–Crippen MR) is 122 cm³/mol. The van der Waals surface area contributed by atoms with E-state index in [4.69, 9.17) is 0 Å². The standard InChI is InChI=1S/C19H18N.C8H14O2.Ir/c1-12-5-13(2)9-17(8-12)19-10-16-7-14(3)6-15(4)18(16)11-20-19;9-6-3-1-5-2-4-7(10)8(5)6;/h5-8,10-11H,1-4H3;5-10H,1-4H2;/q-1;;. The topological polar surface area (TPSA) is 53.4 Å². The van der Waals surface area contributed by atoms with Crippen molar-refractivity contribution in [1.82, 2.24) is 4.98 Å². The van der Waals surface area contributed by atoms with Crippen molar-refractivity contribution in [1.29, 1.82) is 0 Å². The second kappa shape index (κ2) is 9.92. The van der Waals surface area contributed by atoms with E-state index in [1.165, 1.54) is 27.5 Å². The van der Waals surface area contributed by atoms with Gasteiger partial charge in [0, 0.05) is 37.6 Å². The Morgan fingerprint density at radius 2 is 1.48 bits per heavy atom. The molecule has 167 valence electrons. The van der Waals surface area contributed by atoms with E-state index in [2.05, 4.69) is 69.1 Å². The second-order valence-electron chi connectivity index (χ2n) is 9.25. The summed E-state index contributed by atoms with van der Waals surface area (Å²) in [6.45, 7) is 8.46. The first kappa shape index (κ1) is 24.1. The van der Waals surface area contributed by atoms with Crippen LogP contribution in [-0.4, -0.2) is 27.4 Å². The monoisotopic (exact) mass is 595 g/mol. The number of nitrogens with zero attached hydrogens (tertiary/aromatic N) is 1. The van der Waals surface area contributed by atoms with Crippen molar-refractivity contribution in [2.45, 2.75) is 65.6 Å². The molecule has 1 heterocycles. The van der Waals surface area contributed by atoms with Gasteiger partial charge in [-0.15, -0.1) is 34.9 Å². The molecule has 0 amide bonds. The Morgan fingerprint density at radius 1 is 0.839 bits per heavy atom. The van der Waals surface area contributed by atoms with E-state index in [0.717, 1.165) is 42.5 Å². The number of benzene rings is 2. The van der Waals surface area contributed by atoms with Crippen LogP contribution in [0.5, 0.6) is 0 Å². The third-order valence-electron chi connectivity index (χ3n) is 6.71. The molecule has 5 rings (SSSR count). The maximum atomic E-state index is 9.41. The summed E-state index contributed by atoms with van der Waals surface area (Å²) in [5, 5.41) is 21.3. The van der Waals surface area contributed by atoms with Gasteiger partial charge in [-0.05, 0) is 62.1 Å². The average Bonchev–Trinajstić information content (AvgIpc) is 3.24. The van der Waals surface area contributed by atoms with Crippen LogP contribution in [0.2, 0.25) is 0 Å². The molecule has 2 unspecified atom stereocenters. The fourth-order valence-electron chi connectivity index (χ4n) is 5.38. The summed E-state index contributed by atoms with van der Waals surface area (Å²) in [5.74, 6) is 0.852. The third-order valence-corrected chi connectivity index (χ3v) is 6.71. The Hall–Kier alpha value is -1.58. The van der Waals surface area contributed by atoms with Gasteiger partial charge in [-0.3, -0.25) is 0 Å². The third kappa shape index (κ3) is 5.26. The van der Waals surface area contributed by atoms with Crippen LogP contribution < -0.4 is 0 Å². The molecule has 1 aromatic heterocycles. The van der Waals surface area contributed by atoms with Crippen LogP contribution in [0, 0.1) is 45.6 Å². The maximum absolute atomic E-state index is 9.41. The van der Waals surface area contributed by atoms with Crippen LogP contribution in [0.1, 0.15) is 47.9 Å². The summed E-state index contributed by atoms with van der Waals surface area (Å²) in [5.41, 5.74) is 7.04. The molecule has 0 saturated heterocycles. The van der Waals surface area contributed by atoms with Crippen LogP contribution in [0.3, 0.4) is 0 Å². The SMILES string of the molecule is Cc1[c-]c(-c2cc3cc(C)cc(C)c3cn2)cc(C)c1.OC1CCC2CCC(O)C12.[Ir]. The first-order valence-electron chi connectivity index (χ1n) is 11.1. The Balaban J connectivity index is 0.000000208. The van der Waals surface area contributed by atoms with Crippen molar-refractivity contribution in [2.24, 2.45) is 11.8 Å². The van der Waals surface area contributed by atoms with Gasteiger partial charge in [0.2, 0.25) is 0 Å². The summed E-state index contributed by atoms with van der Waals surface area (Å²) in [6, 6.07) is 14.3. The molecule has 4 heteroatoms. The molecule has 2 saturated carbocycles. The predicted octanol–water partition coefficient (Wildman–Crippen LogP) is 5.46. The van der Waals surface area contributed by atoms with Crippen LogP contribution in [0.4, 0.5) is 0 Å². The minimum atomic E-state index is -0.206. The molecular weight excluding hydrogens is 563 g/mol. The van der Waals surface area contributed by atoms with E-state index >= 15 is 0 Å². The molecule has 2 aliphatic rings. The van der Waals surface area contributed by atoms with Gasteiger partial charge in [-0.1, -0.05) is 37.6 Å². The molecule has 2 N–H and O–H groups in total. The van der Waals surface area contributed by atoms with Crippen LogP contribution in [0.15, 0.2) is 36.5 Å². The van der Waals surface area contributed by atoms with E-state index in [9.17, 15) is 10.2 Å². The van der Waals surface area contributed by atoms with E-state index in [-0.39, 0.29) is 38.2 Å². The number of pyridine rings is 1. The van der Waals surface area contributed by atoms with Crippen molar-refractivity contribution in [3.63, 3.8) is 0 Å². The number of rotatable bonds is 1. The first-order chi connectivity index (χ1) is 14.3. The average molecular weight is 595 g/mol. The fourth-order valence-corrected chi connectivity index (χ4v) is 5.38. The van der Waals surface area contributed by atoms with Crippen LogP contribution >= 0.6 is 0 Å². The minimum absolute atomic E-state index is 0. The smallest absolute Gasteiger partial charge is 0.0595 e. The molecule has 0 bridgehead atoms. The van der Waals surface area contributed by atoms with E-state index in [1.54, 1.807) is 0 Å². The summed E-state index contributed by atoms with van der Waals surface area (Å²) in [7, 11) is 0. The summed E-state index contributed by atoms with van der Waals surface area (Å²) >= 11 is 0. The molecule has 2 aliphatic carbocycles. The molecule has 2 fully saturated rings. The van der Waals surface area contributed by atoms with Crippen molar-refractivity contribution in [2.75, 3.05) is 0 Å². The van der Waals surface area contributed by atoms with Crippen molar-refractivity contribution in [3.8, 4) is 11.3 Å². The van der Waals surface area contributed by atoms with Gasteiger partial charge in [0.15, 0.2) is 0 Å². The first-order valence-corrected chi connectivity index (χ1v) is 11.1. The Labute approximate surface area is 199 Å². The van der Waals surface area contributed by atoms with E-state index < -0.39 is 0 Å². The number of fused-ring (bicyclic) bond motifs is 2. The normalized spacial score (nSPS) is 24.3. The quantitative estimate of drug-likeness (QED) is 0.368. The molecule has 2 aromatic carbocycles. The van der Waals surface area contributed by atoms with Gasteiger partial charge < -0.3 is 15.2 Å². The number of hydrogen-bond donors (Lipinski definition) is 2. The van der Waals surface area contributed by atoms with Gasteiger partial charge in [0.1, 0.15) is 0 Å². The number of hydrogen-bond acceptors (Lipinski definition) is 3. The van der Waals surface area contributed by atoms with Crippen LogP contribution in [0.25, 0.3) is 22.0 Å². The molecule has 0 aliphatic heterocycles. The molecule has 3 nitrogen and oxygen atoms in total. The van der Waals surface area contributed by atoms with Gasteiger partial charge >= 0.3 is 0 Å². The number of aliphatic hydroxyl groups is 2. The zero-order valence-corrected chi connectivity index (χ0v) is 21.2. The Kier molecular flexibility index (Phi) is 7.70. The second-order valence-corrected chi connectivity index (χ2v) is 9.25. The van der Waals surface area contributed by atoms with Gasteiger partial charge in [-0.2, -0.15) is 0 Å². The van der Waals surface area contributed by atoms with Crippen molar-refractivity contribution < 1.29 is 30.3 Å². The van der Waals surface area contributed by atoms with Crippen molar-refractivity contribution in [3.05, 3.63) is 64.8 Å². The molecule has 0 spiro atoms. The zero-order valence-electron chi connectivity index (χ0n) is 18.8. The summed E-state index contributed by atoms with van der Waals surface area (Å²) in [4.78, 5) is 4.62. The molecule has 3 aromatic rings. The fraction of sp³-hybridized carbons (Fsp3) is 0.444. The van der Waals surface area contributed by atoms with E-state index in [1.807, 2.05) is 6.20 Å². The Bertz CT molecular complexity index is 1030. The minimum Gasteiger partial charge on any atom is -0.393 e. The van der Waals surface area contributed by atoms with Gasteiger partial charge in [-0.25, -0.2) is 0 Å². The zero-order chi connectivity index (χ0) is 21.4. The van der Waals surface area contributed by atoms with E-state index in [0.29, 0.717) is 5.92 Å². The summed E-state index contributed by atoms with van der Waals surface area (Å²) in [6.07, 6.45) is 5.64. The molecular formula is C27H32IrNO2-. The molecule has 2 atom stereocenters.